The van der Waals surface area contributed by atoms with E-state index >= 15 is 0 Å². The van der Waals surface area contributed by atoms with Gasteiger partial charge < -0.3 is 24.4 Å². The van der Waals surface area contributed by atoms with Crippen molar-refractivity contribution >= 4 is 7.60 Å². The molecule has 1 unspecified atom stereocenters. The van der Waals surface area contributed by atoms with Gasteiger partial charge in [-0.15, -0.1) is 0 Å². The van der Waals surface area contributed by atoms with Gasteiger partial charge in [-0.25, -0.2) is 0 Å². The topological polar surface area (TPSA) is 96.2 Å². The van der Waals surface area contributed by atoms with E-state index in [0.29, 0.717) is 11.5 Å². The van der Waals surface area contributed by atoms with Crippen LogP contribution in [0.3, 0.4) is 0 Å². The molecular weight excluding hydrogens is 223 g/mol. The van der Waals surface area contributed by atoms with E-state index in [2.05, 4.69) is 0 Å². The molecule has 15 heavy (non-hydrogen) atoms. The molecule has 1 aliphatic heterocycles. The van der Waals surface area contributed by atoms with Crippen LogP contribution in [-0.2, 0) is 4.57 Å². The summed E-state index contributed by atoms with van der Waals surface area (Å²) >= 11 is 0. The molecule has 0 aromatic heterocycles. The van der Waals surface area contributed by atoms with Gasteiger partial charge in [-0.2, -0.15) is 0 Å². The lowest BCUT2D eigenvalue weighted by Crippen LogP contribution is -1.98. The van der Waals surface area contributed by atoms with E-state index in [4.69, 9.17) is 19.3 Å². The van der Waals surface area contributed by atoms with Crippen molar-refractivity contribution < 1.29 is 28.9 Å². The average Bonchev–Trinajstić information content (AvgIpc) is 2.61. The zero-order chi connectivity index (χ0) is 11.1. The molecule has 1 aromatic carbocycles. The maximum absolute atomic E-state index is 10.8. The standard InChI is InChI=1S/C8H9O6P/c9-8(15(10,11)12)5-1-2-6-7(3-5)14-4-13-6/h1-3,8-9H,4H2,(H2,10,11,12). The van der Waals surface area contributed by atoms with Crippen LogP contribution in [-0.4, -0.2) is 21.7 Å². The Bertz CT molecular complexity index is 425. The summed E-state index contributed by atoms with van der Waals surface area (Å²) in [5.74, 6) is -0.955. The minimum Gasteiger partial charge on any atom is -0.454 e. The van der Waals surface area contributed by atoms with Crippen LogP contribution in [0.1, 0.15) is 11.4 Å². The molecule has 0 bridgehead atoms. The first-order valence-electron chi connectivity index (χ1n) is 4.11. The normalized spacial score (nSPS) is 16.5. The van der Waals surface area contributed by atoms with Crippen molar-refractivity contribution in [3.8, 4) is 11.5 Å². The van der Waals surface area contributed by atoms with Gasteiger partial charge in [0.1, 0.15) is 0 Å². The summed E-state index contributed by atoms with van der Waals surface area (Å²) in [5, 5.41) is 9.33. The highest BCUT2D eigenvalue weighted by Crippen LogP contribution is 2.51. The molecule has 6 nitrogen and oxygen atoms in total. The fraction of sp³-hybridized carbons (Fsp3) is 0.250. The lowest BCUT2D eigenvalue weighted by atomic mass is 10.2. The number of hydrogen-bond donors (Lipinski definition) is 3. The molecule has 3 N–H and O–H groups in total. The van der Waals surface area contributed by atoms with Crippen LogP contribution in [0.15, 0.2) is 18.2 Å². The molecule has 0 radical (unpaired) electrons. The van der Waals surface area contributed by atoms with Crippen molar-refractivity contribution in [1.29, 1.82) is 0 Å². The van der Waals surface area contributed by atoms with Gasteiger partial charge in [-0.05, 0) is 17.7 Å². The van der Waals surface area contributed by atoms with Crippen molar-refractivity contribution in [2.75, 3.05) is 6.79 Å². The molecule has 1 aliphatic rings. The van der Waals surface area contributed by atoms with Gasteiger partial charge in [0.05, 0.1) is 0 Å². The van der Waals surface area contributed by atoms with Crippen molar-refractivity contribution in [3.63, 3.8) is 0 Å². The molecule has 1 heterocycles. The van der Waals surface area contributed by atoms with Crippen LogP contribution in [0.4, 0.5) is 0 Å². The molecule has 0 saturated carbocycles. The van der Waals surface area contributed by atoms with Crippen molar-refractivity contribution in [1.82, 2.24) is 0 Å². The van der Waals surface area contributed by atoms with E-state index in [1.807, 2.05) is 0 Å². The van der Waals surface area contributed by atoms with E-state index < -0.39 is 13.4 Å². The molecule has 2 rings (SSSR count). The molecule has 1 atom stereocenters. The predicted octanol–water partition coefficient (Wildman–Crippen LogP) is 0.584. The van der Waals surface area contributed by atoms with Crippen LogP contribution in [0.2, 0.25) is 0 Å². The quantitative estimate of drug-likeness (QED) is 0.645. The number of hydrogen-bond acceptors (Lipinski definition) is 4. The molecule has 82 valence electrons. The van der Waals surface area contributed by atoms with Gasteiger partial charge in [0.15, 0.2) is 17.3 Å². The summed E-state index contributed by atoms with van der Waals surface area (Å²) in [4.78, 5) is 17.6. The molecule has 1 aromatic rings. The van der Waals surface area contributed by atoms with E-state index in [-0.39, 0.29) is 12.4 Å². The van der Waals surface area contributed by atoms with Gasteiger partial charge in [-0.3, -0.25) is 4.57 Å². The van der Waals surface area contributed by atoms with E-state index in [9.17, 15) is 9.67 Å². The highest BCUT2D eigenvalue weighted by molar-refractivity contribution is 7.51. The number of benzene rings is 1. The van der Waals surface area contributed by atoms with Crippen molar-refractivity contribution in [2.45, 2.75) is 5.85 Å². The Balaban J connectivity index is 2.35. The minimum atomic E-state index is -4.54. The second-order valence-electron chi connectivity index (χ2n) is 3.08. The number of aliphatic hydroxyl groups excluding tert-OH is 1. The van der Waals surface area contributed by atoms with Crippen molar-refractivity contribution in [2.24, 2.45) is 0 Å². The second kappa shape index (κ2) is 3.50. The third-order valence-electron chi connectivity index (χ3n) is 2.01. The van der Waals surface area contributed by atoms with Gasteiger partial charge in [0.25, 0.3) is 0 Å². The van der Waals surface area contributed by atoms with Gasteiger partial charge in [-0.1, -0.05) is 6.07 Å². The Labute approximate surface area is 85.2 Å². The maximum Gasteiger partial charge on any atom is 0.358 e. The minimum absolute atomic E-state index is 0.0742. The third kappa shape index (κ3) is 1.98. The van der Waals surface area contributed by atoms with E-state index in [1.165, 1.54) is 18.2 Å². The van der Waals surface area contributed by atoms with Crippen molar-refractivity contribution in [3.05, 3.63) is 23.8 Å². The van der Waals surface area contributed by atoms with Crippen LogP contribution in [0.5, 0.6) is 11.5 Å². The Hall–Kier alpha value is -1.07. The lowest BCUT2D eigenvalue weighted by molar-refractivity contribution is 0.173. The second-order valence-corrected chi connectivity index (χ2v) is 4.74. The number of fused-ring (bicyclic) bond motifs is 1. The summed E-state index contributed by atoms with van der Waals surface area (Å²) in [6.45, 7) is 0.0742. The largest absolute Gasteiger partial charge is 0.454 e. The smallest absolute Gasteiger partial charge is 0.358 e. The molecule has 0 fully saturated rings. The SMILES string of the molecule is O=P(O)(O)C(O)c1ccc2c(c1)OCO2. The lowest BCUT2D eigenvalue weighted by Gasteiger charge is -2.12. The summed E-state index contributed by atoms with van der Waals surface area (Å²) < 4.78 is 20.8. The Morgan fingerprint density at radius 1 is 1.27 bits per heavy atom. The molecule has 0 amide bonds. The van der Waals surface area contributed by atoms with Gasteiger partial charge >= 0.3 is 7.60 Å². The number of ether oxygens (including phenoxy) is 2. The van der Waals surface area contributed by atoms with Crippen LogP contribution in [0.25, 0.3) is 0 Å². The van der Waals surface area contributed by atoms with Crippen LogP contribution in [0, 0.1) is 0 Å². The Morgan fingerprint density at radius 3 is 2.60 bits per heavy atom. The number of aliphatic hydroxyl groups is 1. The van der Waals surface area contributed by atoms with Gasteiger partial charge in [0.2, 0.25) is 6.79 Å². The molecule has 0 aliphatic carbocycles. The molecule has 0 spiro atoms. The highest BCUT2D eigenvalue weighted by Gasteiger charge is 2.29. The first-order chi connectivity index (χ1) is 6.98. The maximum atomic E-state index is 10.8. The van der Waals surface area contributed by atoms with Gasteiger partial charge in [0, 0.05) is 0 Å². The average molecular weight is 232 g/mol. The first kappa shape index (κ1) is 10.4. The molecule has 0 saturated heterocycles. The summed E-state index contributed by atoms with van der Waals surface area (Å²) in [6.07, 6.45) is 0. The number of rotatable bonds is 2. The monoisotopic (exact) mass is 232 g/mol. The first-order valence-corrected chi connectivity index (χ1v) is 5.79. The molecular formula is C8H9O6P. The van der Waals surface area contributed by atoms with E-state index in [0.717, 1.165) is 0 Å². The van der Waals surface area contributed by atoms with Crippen LogP contribution >= 0.6 is 7.60 Å². The predicted molar refractivity (Wildman–Crippen MR) is 49.6 cm³/mol. The fourth-order valence-corrected chi connectivity index (χ4v) is 1.82. The Kier molecular flexibility index (Phi) is 2.44. The zero-order valence-corrected chi connectivity index (χ0v) is 8.42. The zero-order valence-electron chi connectivity index (χ0n) is 7.53. The molecule has 7 heteroatoms. The highest BCUT2D eigenvalue weighted by atomic mass is 31.2. The summed E-state index contributed by atoms with van der Waals surface area (Å²) in [6, 6.07) is 4.24. The summed E-state index contributed by atoms with van der Waals surface area (Å²) in [7, 11) is -4.54. The Morgan fingerprint density at radius 2 is 1.93 bits per heavy atom. The van der Waals surface area contributed by atoms with Crippen LogP contribution < -0.4 is 9.47 Å². The fourth-order valence-electron chi connectivity index (χ4n) is 1.27. The third-order valence-corrected chi connectivity index (χ3v) is 2.95. The summed E-state index contributed by atoms with van der Waals surface area (Å²) in [5.41, 5.74) is 0.104. The van der Waals surface area contributed by atoms with E-state index in [1.54, 1.807) is 0 Å².